The molecule has 0 atom stereocenters. The molecule has 8 heteroatoms. The number of pyridine rings is 1. The predicted molar refractivity (Wildman–Crippen MR) is 144 cm³/mol. The Bertz CT molecular complexity index is 1420. The van der Waals surface area contributed by atoms with E-state index in [1.807, 2.05) is 11.1 Å². The predicted octanol–water partition coefficient (Wildman–Crippen LogP) is 3.22. The third kappa shape index (κ3) is 3.53. The number of ether oxygens (including phenoxy) is 1. The van der Waals surface area contributed by atoms with Gasteiger partial charge in [0.05, 0.1) is 36.7 Å². The van der Waals surface area contributed by atoms with Crippen LogP contribution in [0.1, 0.15) is 28.8 Å². The molecule has 37 heavy (non-hydrogen) atoms. The van der Waals surface area contributed by atoms with Gasteiger partial charge in [0.15, 0.2) is 0 Å². The Balaban J connectivity index is 1.32. The number of hydrogen-bond acceptors (Lipinski definition) is 6. The van der Waals surface area contributed by atoms with E-state index < -0.39 is 0 Å². The van der Waals surface area contributed by atoms with Crippen molar-refractivity contribution >= 4 is 22.6 Å². The lowest BCUT2D eigenvalue weighted by Gasteiger charge is -2.47. The highest BCUT2D eigenvalue weighted by atomic mass is 16.5. The molecule has 8 nitrogen and oxygen atoms in total. The van der Waals surface area contributed by atoms with E-state index in [1.54, 1.807) is 0 Å². The zero-order valence-corrected chi connectivity index (χ0v) is 21.7. The number of aryl methyl sites for hydroxylation is 1. The van der Waals surface area contributed by atoms with Gasteiger partial charge in [0.1, 0.15) is 5.82 Å². The molecule has 0 bridgehead atoms. The van der Waals surface area contributed by atoms with Crippen LogP contribution >= 0.6 is 0 Å². The third-order valence-electron chi connectivity index (χ3n) is 9.10. The fraction of sp³-hybridized carbons (Fsp3) is 0.483. The van der Waals surface area contributed by atoms with E-state index in [0.29, 0.717) is 6.04 Å². The summed E-state index contributed by atoms with van der Waals surface area (Å²) in [6.45, 7) is 15.2. The number of benzene rings is 1. The van der Waals surface area contributed by atoms with Gasteiger partial charge >= 0.3 is 0 Å². The SMILES string of the molecule is C=CC(=O)N1CC2(CCN(c3nc4c(c(-c5c(C)ccc6[nH]ncc56)c3C)CCN(C3COC3)C4)C2)C1. The fourth-order valence-electron chi connectivity index (χ4n) is 6.96. The first kappa shape index (κ1) is 22.9. The van der Waals surface area contributed by atoms with Crippen LogP contribution < -0.4 is 4.90 Å². The zero-order valence-electron chi connectivity index (χ0n) is 21.7. The summed E-state index contributed by atoms with van der Waals surface area (Å²) in [6, 6.07) is 4.83. The monoisotopic (exact) mass is 498 g/mol. The van der Waals surface area contributed by atoms with Gasteiger partial charge in [0.2, 0.25) is 5.91 Å². The van der Waals surface area contributed by atoms with Gasteiger partial charge < -0.3 is 14.5 Å². The van der Waals surface area contributed by atoms with E-state index in [9.17, 15) is 4.79 Å². The van der Waals surface area contributed by atoms with E-state index in [4.69, 9.17) is 9.72 Å². The summed E-state index contributed by atoms with van der Waals surface area (Å²) in [7, 11) is 0. The lowest BCUT2D eigenvalue weighted by molar-refractivity contribution is -0.136. The first-order chi connectivity index (χ1) is 18.0. The van der Waals surface area contributed by atoms with Crippen molar-refractivity contribution in [2.24, 2.45) is 5.41 Å². The average Bonchev–Trinajstić information content (AvgIpc) is 3.50. The Morgan fingerprint density at radius 1 is 1.19 bits per heavy atom. The highest BCUT2D eigenvalue weighted by Gasteiger charge is 2.49. The number of carbonyl (C=O) groups is 1. The van der Waals surface area contributed by atoms with Gasteiger partial charge in [-0.1, -0.05) is 12.6 Å². The minimum absolute atomic E-state index is 0.0400. The van der Waals surface area contributed by atoms with Crippen LogP contribution in [-0.2, 0) is 22.5 Å². The number of H-pyrrole nitrogens is 1. The molecule has 1 amide bonds. The van der Waals surface area contributed by atoms with Crippen molar-refractivity contribution in [1.29, 1.82) is 0 Å². The van der Waals surface area contributed by atoms with E-state index in [2.05, 4.69) is 52.6 Å². The van der Waals surface area contributed by atoms with Gasteiger partial charge in [0, 0.05) is 50.1 Å². The van der Waals surface area contributed by atoms with Crippen LogP contribution in [0, 0.1) is 19.3 Å². The number of anilines is 1. The molecule has 0 unspecified atom stereocenters. The lowest BCUT2D eigenvalue weighted by atomic mass is 9.79. The molecule has 0 saturated carbocycles. The molecule has 3 aromatic rings. The maximum atomic E-state index is 12.1. The average molecular weight is 499 g/mol. The molecule has 3 fully saturated rings. The number of aromatic nitrogens is 3. The topological polar surface area (TPSA) is 77.6 Å². The summed E-state index contributed by atoms with van der Waals surface area (Å²) in [6.07, 6.45) is 5.47. The molecular formula is C29H34N6O2. The van der Waals surface area contributed by atoms with Crippen LogP contribution in [0.25, 0.3) is 22.0 Å². The Kier molecular flexibility index (Phi) is 5.20. The molecular weight excluding hydrogens is 464 g/mol. The maximum absolute atomic E-state index is 12.1. The Morgan fingerprint density at radius 2 is 2.03 bits per heavy atom. The van der Waals surface area contributed by atoms with Crippen LogP contribution in [-0.4, -0.2) is 82.9 Å². The minimum atomic E-state index is 0.0400. The van der Waals surface area contributed by atoms with Gasteiger partial charge in [-0.15, -0.1) is 0 Å². The Morgan fingerprint density at radius 3 is 2.78 bits per heavy atom. The second-order valence-electron chi connectivity index (χ2n) is 11.4. The normalized spacial score (nSPS) is 21.2. The molecule has 6 heterocycles. The van der Waals surface area contributed by atoms with Gasteiger partial charge in [-0.05, 0) is 66.6 Å². The van der Waals surface area contributed by atoms with Crippen LogP contribution in [0.4, 0.5) is 5.82 Å². The van der Waals surface area contributed by atoms with Crippen molar-refractivity contribution in [2.45, 2.75) is 39.3 Å². The van der Waals surface area contributed by atoms with Crippen molar-refractivity contribution in [3.63, 3.8) is 0 Å². The highest BCUT2D eigenvalue weighted by molar-refractivity contribution is 5.98. The summed E-state index contributed by atoms with van der Waals surface area (Å²) in [4.78, 5) is 24.4. The molecule has 1 spiro atoms. The van der Waals surface area contributed by atoms with Crippen LogP contribution in [0.3, 0.4) is 0 Å². The number of nitrogens with one attached hydrogen (secondary N) is 1. The van der Waals surface area contributed by atoms with Crippen LogP contribution in [0.15, 0.2) is 31.0 Å². The maximum Gasteiger partial charge on any atom is 0.245 e. The molecule has 3 saturated heterocycles. The van der Waals surface area contributed by atoms with Crippen molar-refractivity contribution in [1.82, 2.24) is 25.0 Å². The standard InChI is InChI=1S/C29H34N6O2/c1-4-25(36)35-16-29(17-35)8-10-34(15-29)28-19(3)27(26-18(2)5-6-23-22(26)11-30-32-23)21-7-9-33(12-24(21)31-28)20-13-37-14-20/h4-6,11,20H,1,7-10,12-17H2,2-3H3,(H,30,32). The molecule has 2 aromatic heterocycles. The molecule has 4 aliphatic heterocycles. The van der Waals surface area contributed by atoms with Gasteiger partial charge in [-0.3, -0.25) is 14.8 Å². The van der Waals surface area contributed by atoms with Crippen molar-refractivity contribution in [3.05, 3.63) is 53.4 Å². The molecule has 7 rings (SSSR count). The van der Waals surface area contributed by atoms with Crippen LogP contribution in [0.5, 0.6) is 0 Å². The van der Waals surface area contributed by atoms with E-state index >= 15 is 0 Å². The first-order valence-corrected chi connectivity index (χ1v) is 13.4. The second kappa shape index (κ2) is 8.39. The van der Waals surface area contributed by atoms with E-state index in [0.717, 1.165) is 76.7 Å². The Labute approximate surface area is 217 Å². The third-order valence-corrected chi connectivity index (χ3v) is 9.10. The number of carbonyl (C=O) groups excluding carboxylic acids is 1. The van der Waals surface area contributed by atoms with Crippen molar-refractivity contribution in [3.8, 4) is 11.1 Å². The van der Waals surface area contributed by atoms with Crippen molar-refractivity contribution < 1.29 is 9.53 Å². The number of nitrogens with zero attached hydrogens (tertiary/aromatic N) is 5. The van der Waals surface area contributed by atoms with Crippen molar-refractivity contribution in [2.75, 3.05) is 50.8 Å². The van der Waals surface area contributed by atoms with Crippen LogP contribution in [0.2, 0.25) is 0 Å². The van der Waals surface area contributed by atoms with Gasteiger partial charge in [-0.25, -0.2) is 4.98 Å². The van der Waals surface area contributed by atoms with Gasteiger partial charge in [0.25, 0.3) is 0 Å². The quantitative estimate of drug-likeness (QED) is 0.557. The number of aromatic amines is 1. The summed E-state index contributed by atoms with van der Waals surface area (Å²) in [5, 5.41) is 8.72. The van der Waals surface area contributed by atoms with E-state index in [1.165, 1.54) is 45.0 Å². The number of fused-ring (bicyclic) bond motifs is 2. The summed E-state index contributed by atoms with van der Waals surface area (Å²) in [5.74, 6) is 1.14. The fourth-order valence-corrected chi connectivity index (χ4v) is 6.96. The molecule has 1 N–H and O–H groups in total. The van der Waals surface area contributed by atoms with Gasteiger partial charge in [-0.2, -0.15) is 5.10 Å². The first-order valence-electron chi connectivity index (χ1n) is 13.4. The van der Waals surface area contributed by atoms with E-state index in [-0.39, 0.29) is 11.3 Å². The lowest BCUT2D eigenvalue weighted by Crippen LogP contribution is -2.59. The molecule has 1 aromatic carbocycles. The largest absolute Gasteiger partial charge is 0.378 e. The second-order valence-corrected chi connectivity index (χ2v) is 11.4. The number of likely N-dealkylation sites (tertiary alicyclic amines) is 1. The molecule has 192 valence electrons. The number of amides is 1. The molecule has 4 aliphatic rings. The number of rotatable bonds is 4. The summed E-state index contributed by atoms with van der Waals surface area (Å²) < 4.78 is 5.51. The summed E-state index contributed by atoms with van der Waals surface area (Å²) >= 11 is 0. The smallest absolute Gasteiger partial charge is 0.245 e. The number of hydrogen-bond donors (Lipinski definition) is 1. The summed E-state index contributed by atoms with van der Waals surface area (Å²) in [5.41, 5.74) is 8.96. The molecule has 0 radical (unpaired) electrons. The Hall–Kier alpha value is -3.23. The minimum Gasteiger partial charge on any atom is -0.378 e. The highest BCUT2D eigenvalue weighted by Crippen LogP contribution is 2.45. The zero-order chi connectivity index (χ0) is 25.3. The molecule has 0 aliphatic carbocycles.